The lowest BCUT2D eigenvalue weighted by atomic mass is 10.1. The summed E-state index contributed by atoms with van der Waals surface area (Å²) in [6.45, 7) is 2.98. The lowest BCUT2D eigenvalue weighted by molar-refractivity contribution is -0.120. The number of anilines is 1. The van der Waals surface area contributed by atoms with E-state index in [1.807, 2.05) is 24.3 Å². The van der Waals surface area contributed by atoms with Crippen molar-refractivity contribution in [3.8, 4) is 0 Å². The molecular formula is C16H18N2O2. The van der Waals surface area contributed by atoms with Crippen molar-refractivity contribution in [2.75, 3.05) is 11.4 Å². The molecule has 0 saturated heterocycles. The molecule has 2 aromatic rings. The number of rotatable bonds is 4. The monoisotopic (exact) mass is 270 g/mol. The molecule has 0 fully saturated rings. The van der Waals surface area contributed by atoms with Gasteiger partial charge in [0.15, 0.2) is 0 Å². The van der Waals surface area contributed by atoms with Gasteiger partial charge in [-0.3, -0.25) is 4.79 Å². The Morgan fingerprint density at radius 1 is 1.35 bits per heavy atom. The predicted octanol–water partition coefficient (Wildman–Crippen LogP) is 2.35. The number of fused-ring (bicyclic) bond motifs is 1. The highest BCUT2D eigenvalue weighted by Gasteiger charge is 2.26. The van der Waals surface area contributed by atoms with Crippen molar-refractivity contribution in [3.63, 3.8) is 0 Å². The van der Waals surface area contributed by atoms with E-state index in [4.69, 9.17) is 4.42 Å². The van der Waals surface area contributed by atoms with E-state index in [-0.39, 0.29) is 5.91 Å². The van der Waals surface area contributed by atoms with E-state index in [1.54, 1.807) is 6.26 Å². The van der Waals surface area contributed by atoms with Crippen molar-refractivity contribution < 1.29 is 9.21 Å². The van der Waals surface area contributed by atoms with Crippen LogP contribution in [0.25, 0.3) is 0 Å². The van der Waals surface area contributed by atoms with Gasteiger partial charge >= 0.3 is 0 Å². The Morgan fingerprint density at radius 2 is 2.20 bits per heavy atom. The minimum absolute atomic E-state index is 0.0185. The van der Waals surface area contributed by atoms with Crippen LogP contribution in [0.1, 0.15) is 18.2 Å². The second-order valence-corrected chi connectivity index (χ2v) is 5.17. The smallest absolute Gasteiger partial charge is 0.239 e. The molecule has 20 heavy (non-hydrogen) atoms. The summed E-state index contributed by atoms with van der Waals surface area (Å²) in [4.78, 5) is 14.2. The number of nitrogens with zero attached hydrogens (tertiary/aromatic N) is 1. The van der Waals surface area contributed by atoms with Crippen molar-refractivity contribution in [1.82, 2.24) is 5.32 Å². The van der Waals surface area contributed by atoms with Crippen LogP contribution in [0.3, 0.4) is 0 Å². The van der Waals surface area contributed by atoms with Crippen molar-refractivity contribution >= 4 is 11.6 Å². The topological polar surface area (TPSA) is 45.5 Å². The average Bonchev–Trinajstić information content (AvgIpc) is 3.06. The van der Waals surface area contributed by atoms with Crippen LogP contribution in [0.5, 0.6) is 0 Å². The highest BCUT2D eigenvalue weighted by molar-refractivity contribution is 5.82. The van der Waals surface area contributed by atoms with Crippen LogP contribution in [-0.4, -0.2) is 18.5 Å². The molecular weight excluding hydrogens is 252 g/mol. The lowest BCUT2D eigenvalue weighted by Crippen LogP contribution is -2.39. The van der Waals surface area contributed by atoms with Gasteiger partial charge in [0.1, 0.15) is 5.76 Å². The number of hydrogen-bond acceptors (Lipinski definition) is 3. The number of furan rings is 1. The second-order valence-electron chi connectivity index (χ2n) is 5.17. The Morgan fingerprint density at radius 3 is 3.00 bits per heavy atom. The normalized spacial score (nSPS) is 17.1. The molecule has 1 amide bonds. The Hall–Kier alpha value is -2.23. The number of amides is 1. The van der Waals surface area contributed by atoms with Crippen LogP contribution in [0.2, 0.25) is 0 Å². The van der Waals surface area contributed by atoms with Crippen LogP contribution >= 0.6 is 0 Å². The van der Waals surface area contributed by atoms with Gasteiger partial charge in [-0.2, -0.15) is 0 Å². The van der Waals surface area contributed by atoms with Crippen LogP contribution < -0.4 is 10.2 Å². The minimum Gasteiger partial charge on any atom is -0.467 e. The van der Waals surface area contributed by atoms with Crippen molar-refractivity contribution in [3.05, 3.63) is 54.0 Å². The summed E-state index contributed by atoms with van der Waals surface area (Å²) in [5, 5.41) is 2.89. The summed E-state index contributed by atoms with van der Waals surface area (Å²) >= 11 is 0. The number of hydrogen-bond donors (Lipinski definition) is 1. The van der Waals surface area contributed by atoms with Gasteiger partial charge in [0.2, 0.25) is 5.91 Å². The quantitative estimate of drug-likeness (QED) is 0.927. The van der Waals surface area contributed by atoms with E-state index < -0.39 is 0 Å². The molecule has 0 spiro atoms. The molecule has 1 aromatic carbocycles. The zero-order valence-electron chi connectivity index (χ0n) is 11.5. The first-order valence-corrected chi connectivity index (χ1v) is 6.87. The molecule has 0 unspecified atom stereocenters. The van der Waals surface area contributed by atoms with Crippen LogP contribution in [0, 0.1) is 0 Å². The Kier molecular flexibility index (Phi) is 3.46. The standard InChI is InChI=1S/C16H18N2O2/c1-12-9-13-5-2-3-7-15(13)18(12)11-16(19)17-10-14-6-4-8-20-14/h2-8,12H,9-11H2,1H3,(H,17,19)/t12-/m1/s1. The van der Waals surface area contributed by atoms with Gasteiger partial charge in [-0.05, 0) is 37.1 Å². The SMILES string of the molecule is C[C@@H]1Cc2ccccc2N1CC(=O)NCc1ccco1. The van der Waals surface area contributed by atoms with Crippen LogP contribution in [0.15, 0.2) is 47.1 Å². The molecule has 0 radical (unpaired) electrons. The fraction of sp³-hybridized carbons (Fsp3) is 0.312. The third-order valence-electron chi connectivity index (χ3n) is 3.70. The van der Waals surface area contributed by atoms with Crippen molar-refractivity contribution in [2.45, 2.75) is 25.9 Å². The molecule has 3 rings (SSSR count). The molecule has 1 atom stereocenters. The summed E-state index contributed by atoms with van der Waals surface area (Å²) in [6, 6.07) is 12.3. The Bertz CT molecular complexity index is 592. The molecule has 0 saturated carbocycles. The predicted molar refractivity (Wildman–Crippen MR) is 77.5 cm³/mol. The molecule has 4 heteroatoms. The highest BCUT2D eigenvalue weighted by Crippen LogP contribution is 2.31. The van der Waals surface area contributed by atoms with E-state index in [2.05, 4.69) is 29.3 Å². The van der Waals surface area contributed by atoms with Crippen LogP contribution in [0.4, 0.5) is 5.69 Å². The van der Waals surface area contributed by atoms with Crippen molar-refractivity contribution in [1.29, 1.82) is 0 Å². The lowest BCUT2D eigenvalue weighted by Gasteiger charge is -2.24. The minimum atomic E-state index is 0.0185. The average molecular weight is 270 g/mol. The maximum atomic E-state index is 12.1. The fourth-order valence-corrected chi connectivity index (χ4v) is 2.68. The fourth-order valence-electron chi connectivity index (χ4n) is 2.68. The van der Waals surface area contributed by atoms with Gasteiger partial charge in [0, 0.05) is 11.7 Å². The molecule has 0 bridgehead atoms. The van der Waals surface area contributed by atoms with E-state index in [9.17, 15) is 4.79 Å². The number of carbonyl (C=O) groups excluding carboxylic acids is 1. The zero-order chi connectivity index (χ0) is 13.9. The molecule has 2 heterocycles. The third-order valence-corrected chi connectivity index (χ3v) is 3.70. The molecule has 1 N–H and O–H groups in total. The molecule has 104 valence electrons. The molecule has 1 aliphatic rings. The number of para-hydroxylation sites is 1. The van der Waals surface area contributed by atoms with Gasteiger partial charge in [-0.25, -0.2) is 0 Å². The number of nitrogens with one attached hydrogen (secondary N) is 1. The highest BCUT2D eigenvalue weighted by atomic mass is 16.3. The first-order valence-electron chi connectivity index (χ1n) is 6.87. The van der Waals surface area contributed by atoms with E-state index in [1.165, 1.54) is 11.3 Å². The van der Waals surface area contributed by atoms with Gasteiger partial charge in [-0.1, -0.05) is 18.2 Å². The Balaban J connectivity index is 1.61. The molecule has 0 aliphatic carbocycles. The summed E-state index contributed by atoms with van der Waals surface area (Å²) in [5.41, 5.74) is 2.49. The number of carbonyl (C=O) groups is 1. The summed E-state index contributed by atoms with van der Waals surface area (Å²) in [6.07, 6.45) is 2.61. The van der Waals surface area contributed by atoms with E-state index in [0.29, 0.717) is 19.1 Å². The molecule has 1 aromatic heterocycles. The molecule has 1 aliphatic heterocycles. The zero-order valence-corrected chi connectivity index (χ0v) is 11.5. The molecule has 4 nitrogen and oxygen atoms in total. The second kappa shape index (κ2) is 5.41. The van der Waals surface area contributed by atoms with Gasteiger partial charge in [0.05, 0.1) is 19.4 Å². The van der Waals surface area contributed by atoms with E-state index >= 15 is 0 Å². The third kappa shape index (κ3) is 2.54. The van der Waals surface area contributed by atoms with E-state index in [0.717, 1.165) is 12.2 Å². The maximum absolute atomic E-state index is 12.1. The first-order chi connectivity index (χ1) is 9.74. The maximum Gasteiger partial charge on any atom is 0.239 e. The summed E-state index contributed by atoms with van der Waals surface area (Å²) in [5.74, 6) is 0.790. The van der Waals surface area contributed by atoms with Crippen LogP contribution in [-0.2, 0) is 17.8 Å². The van der Waals surface area contributed by atoms with Gasteiger partial charge in [0.25, 0.3) is 0 Å². The van der Waals surface area contributed by atoms with Gasteiger partial charge in [-0.15, -0.1) is 0 Å². The van der Waals surface area contributed by atoms with Gasteiger partial charge < -0.3 is 14.6 Å². The largest absolute Gasteiger partial charge is 0.467 e. The number of benzene rings is 1. The first kappa shape index (κ1) is 12.8. The Labute approximate surface area is 118 Å². The summed E-state index contributed by atoms with van der Waals surface area (Å²) < 4.78 is 5.20. The van der Waals surface area contributed by atoms with Crippen molar-refractivity contribution in [2.24, 2.45) is 0 Å². The summed E-state index contributed by atoms with van der Waals surface area (Å²) in [7, 11) is 0.